The quantitative estimate of drug-likeness (QED) is 0.490. The van der Waals surface area contributed by atoms with Crippen LogP contribution in [0.4, 0.5) is 0 Å². The number of carbonyl (C=O) groups excluding carboxylic acids is 1. The van der Waals surface area contributed by atoms with Crippen LogP contribution in [0.2, 0.25) is 5.02 Å². The summed E-state index contributed by atoms with van der Waals surface area (Å²) in [5.74, 6) is 0.661. The van der Waals surface area contributed by atoms with Crippen molar-refractivity contribution < 1.29 is 4.79 Å². The number of amides is 1. The van der Waals surface area contributed by atoms with E-state index in [1.165, 1.54) is 22.9 Å². The fraction of sp³-hybridized carbons (Fsp3) is 0.174. The van der Waals surface area contributed by atoms with Gasteiger partial charge in [-0.1, -0.05) is 84.4 Å². The number of rotatable bonds is 8. The number of hydrogen-bond acceptors (Lipinski definition) is 2. The van der Waals surface area contributed by atoms with E-state index in [0.29, 0.717) is 17.3 Å². The predicted molar refractivity (Wildman–Crippen MR) is 115 cm³/mol. The van der Waals surface area contributed by atoms with Crippen molar-refractivity contribution >= 4 is 29.3 Å². The lowest BCUT2D eigenvalue weighted by Crippen LogP contribution is -2.27. The number of carbonyl (C=O) groups is 1. The van der Waals surface area contributed by atoms with Crippen molar-refractivity contribution in [2.45, 2.75) is 17.2 Å². The van der Waals surface area contributed by atoms with E-state index < -0.39 is 0 Å². The molecule has 3 aromatic rings. The molecule has 0 aromatic heterocycles. The van der Waals surface area contributed by atoms with Crippen molar-refractivity contribution in [2.24, 2.45) is 0 Å². The molecule has 0 aliphatic rings. The number of hydrogen-bond donors (Lipinski definition) is 1. The highest BCUT2D eigenvalue weighted by atomic mass is 35.5. The highest BCUT2D eigenvalue weighted by Gasteiger charge is 2.14. The molecule has 138 valence electrons. The van der Waals surface area contributed by atoms with E-state index in [4.69, 9.17) is 11.6 Å². The van der Waals surface area contributed by atoms with Gasteiger partial charge in [0.2, 0.25) is 5.91 Å². The van der Waals surface area contributed by atoms with Gasteiger partial charge in [0.25, 0.3) is 0 Å². The van der Waals surface area contributed by atoms with Gasteiger partial charge in [-0.05, 0) is 29.7 Å². The van der Waals surface area contributed by atoms with Gasteiger partial charge in [-0.15, -0.1) is 11.8 Å². The first-order chi connectivity index (χ1) is 13.2. The molecular weight excluding hydrogens is 374 g/mol. The summed E-state index contributed by atoms with van der Waals surface area (Å²) in [6, 6.07) is 28.5. The fourth-order valence-electron chi connectivity index (χ4n) is 3.01. The Labute approximate surface area is 170 Å². The molecule has 3 rings (SSSR count). The van der Waals surface area contributed by atoms with Crippen LogP contribution in [0.5, 0.6) is 0 Å². The van der Waals surface area contributed by atoms with Crippen molar-refractivity contribution in [3.05, 3.63) is 101 Å². The van der Waals surface area contributed by atoms with Crippen LogP contribution in [0.25, 0.3) is 0 Å². The van der Waals surface area contributed by atoms with Crippen LogP contribution in [-0.2, 0) is 4.79 Å². The molecule has 0 aliphatic heterocycles. The van der Waals surface area contributed by atoms with Crippen LogP contribution in [0, 0.1) is 0 Å². The van der Waals surface area contributed by atoms with Gasteiger partial charge in [-0.25, -0.2) is 0 Å². The van der Waals surface area contributed by atoms with E-state index in [2.05, 4.69) is 53.8 Å². The molecule has 0 saturated heterocycles. The molecule has 2 nitrogen and oxygen atoms in total. The van der Waals surface area contributed by atoms with Gasteiger partial charge in [-0.3, -0.25) is 4.79 Å². The summed E-state index contributed by atoms with van der Waals surface area (Å²) in [6.07, 6.45) is 0.858. The summed E-state index contributed by atoms with van der Waals surface area (Å²) in [5.41, 5.74) is 2.53. The van der Waals surface area contributed by atoms with E-state index in [1.807, 2.05) is 36.4 Å². The van der Waals surface area contributed by atoms with Gasteiger partial charge in [-0.2, -0.15) is 0 Å². The Bertz CT molecular complexity index is 815. The average Bonchev–Trinajstić information content (AvgIpc) is 2.72. The van der Waals surface area contributed by atoms with Crippen LogP contribution in [0.3, 0.4) is 0 Å². The second kappa shape index (κ2) is 10.2. The van der Waals surface area contributed by atoms with E-state index in [-0.39, 0.29) is 11.8 Å². The smallest absolute Gasteiger partial charge is 0.230 e. The summed E-state index contributed by atoms with van der Waals surface area (Å²) >= 11 is 7.60. The number of thioether (sulfide) groups is 1. The Morgan fingerprint density at radius 2 is 1.41 bits per heavy atom. The minimum atomic E-state index is 0.0276. The second-order valence-corrected chi connectivity index (χ2v) is 7.66. The van der Waals surface area contributed by atoms with Crippen molar-refractivity contribution in [3.63, 3.8) is 0 Å². The van der Waals surface area contributed by atoms with Gasteiger partial charge in [0.1, 0.15) is 0 Å². The van der Waals surface area contributed by atoms with Crippen molar-refractivity contribution in [1.29, 1.82) is 0 Å². The molecule has 0 radical (unpaired) electrons. The zero-order chi connectivity index (χ0) is 18.9. The predicted octanol–water partition coefficient (Wildman–Crippen LogP) is 5.77. The lowest BCUT2D eigenvalue weighted by Gasteiger charge is -2.18. The van der Waals surface area contributed by atoms with Crippen LogP contribution in [0.15, 0.2) is 89.8 Å². The van der Waals surface area contributed by atoms with Gasteiger partial charge in [0.05, 0.1) is 10.8 Å². The fourth-order valence-corrected chi connectivity index (χ4v) is 4.08. The third kappa shape index (κ3) is 5.88. The highest BCUT2D eigenvalue weighted by Crippen LogP contribution is 2.28. The lowest BCUT2D eigenvalue weighted by atomic mass is 9.88. The highest BCUT2D eigenvalue weighted by molar-refractivity contribution is 8.00. The second-order valence-electron chi connectivity index (χ2n) is 6.23. The molecule has 0 aliphatic carbocycles. The van der Waals surface area contributed by atoms with E-state index in [1.54, 1.807) is 0 Å². The summed E-state index contributed by atoms with van der Waals surface area (Å²) in [7, 11) is 0. The Balaban J connectivity index is 1.55. The summed E-state index contributed by atoms with van der Waals surface area (Å²) in [6.45, 7) is 0.635. The van der Waals surface area contributed by atoms with Crippen molar-refractivity contribution in [1.82, 2.24) is 5.32 Å². The molecule has 1 amide bonds. The number of benzene rings is 3. The zero-order valence-electron chi connectivity index (χ0n) is 15.0. The minimum absolute atomic E-state index is 0.0276. The van der Waals surface area contributed by atoms with E-state index in [9.17, 15) is 4.79 Å². The zero-order valence-corrected chi connectivity index (χ0v) is 16.5. The molecule has 0 fully saturated rings. The van der Waals surface area contributed by atoms with Crippen molar-refractivity contribution in [3.8, 4) is 0 Å². The molecule has 0 bridgehead atoms. The first-order valence-corrected chi connectivity index (χ1v) is 10.3. The molecular formula is C23H22ClNOS. The maximum absolute atomic E-state index is 12.2. The van der Waals surface area contributed by atoms with E-state index in [0.717, 1.165) is 11.3 Å². The van der Waals surface area contributed by atoms with Crippen LogP contribution < -0.4 is 5.32 Å². The monoisotopic (exact) mass is 395 g/mol. The molecule has 0 saturated carbocycles. The topological polar surface area (TPSA) is 29.1 Å². The Kier molecular flexibility index (Phi) is 7.37. The van der Waals surface area contributed by atoms with Crippen LogP contribution in [-0.4, -0.2) is 18.2 Å². The standard InChI is InChI=1S/C23H22ClNOS/c24-21-13-7-8-14-22(21)27-17-23(26)25-16-15-20(18-9-3-1-4-10-18)19-11-5-2-6-12-19/h1-14,20H,15-17H2,(H,25,26). The molecule has 1 N–H and O–H groups in total. The average molecular weight is 396 g/mol. The van der Waals surface area contributed by atoms with Crippen LogP contribution in [0.1, 0.15) is 23.5 Å². The lowest BCUT2D eigenvalue weighted by molar-refractivity contribution is -0.118. The molecule has 4 heteroatoms. The summed E-state index contributed by atoms with van der Waals surface area (Å²) in [4.78, 5) is 13.1. The molecule has 3 aromatic carbocycles. The van der Waals surface area contributed by atoms with Gasteiger partial charge in [0.15, 0.2) is 0 Å². The molecule has 0 atom stereocenters. The first kappa shape index (κ1) is 19.5. The summed E-state index contributed by atoms with van der Waals surface area (Å²) in [5, 5.41) is 3.72. The van der Waals surface area contributed by atoms with Crippen molar-refractivity contribution in [2.75, 3.05) is 12.3 Å². The maximum Gasteiger partial charge on any atom is 0.230 e. The molecule has 0 unspecified atom stereocenters. The van der Waals surface area contributed by atoms with Gasteiger partial charge >= 0.3 is 0 Å². The third-order valence-corrected chi connectivity index (χ3v) is 5.87. The number of nitrogens with one attached hydrogen (secondary N) is 1. The minimum Gasteiger partial charge on any atom is -0.355 e. The summed E-state index contributed by atoms with van der Waals surface area (Å²) < 4.78 is 0. The normalized spacial score (nSPS) is 10.7. The Morgan fingerprint density at radius 1 is 0.852 bits per heavy atom. The molecule has 0 spiro atoms. The van der Waals surface area contributed by atoms with E-state index >= 15 is 0 Å². The number of halogens is 1. The first-order valence-electron chi connectivity index (χ1n) is 8.98. The maximum atomic E-state index is 12.2. The Hall–Kier alpha value is -2.23. The molecule has 27 heavy (non-hydrogen) atoms. The molecule has 0 heterocycles. The van der Waals surface area contributed by atoms with Crippen LogP contribution >= 0.6 is 23.4 Å². The Morgan fingerprint density at radius 3 is 2.00 bits per heavy atom. The van der Waals surface area contributed by atoms with Gasteiger partial charge in [0, 0.05) is 17.4 Å². The third-order valence-electron chi connectivity index (χ3n) is 4.35. The largest absolute Gasteiger partial charge is 0.355 e. The van der Waals surface area contributed by atoms with Gasteiger partial charge < -0.3 is 5.32 Å². The SMILES string of the molecule is O=C(CSc1ccccc1Cl)NCCC(c1ccccc1)c1ccccc1.